The molecule has 2 aliphatic heterocycles. The van der Waals surface area contributed by atoms with Crippen LogP contribution in [0.15, 0.2) is 59.5 Å². The number of anilines is 2. The van der Waals surface area contributed by atoms with E-state index in [4.69, 9.17) is 5.10 Å². The number of para-hydroxylation sites is 1. The van der Waals surface area contributed by atoms with Crippen molar-refractivity contribution in [3.05, 3.63) is 82.2 Å². The van der Waals surface area contributed by atoms with Crippen LogP contribution in [0.5, 0.6) is 0 Å². The van der Waals surface area contributed by atoms with Crippen molar-refractivity contribution in [3.8, 4) is 0 Å². The van der Waals surface area contributed by atoms with Crippen molar-refractivity contribution in [3.63, 3.8) is 0 Å². The molecule has 3 amide bonds. The Labute approximate surface area is 320 Å². The third kappa shape index (κ3) is 7.41. The SMILES string of the molecule is Cc1cc2nn(CC3CCC(CN4CCN(c5cccc6c5n(C)c(=O)n6C5CCC(=O)NC5=O)CC4)CC3)cc2cc1NC(=O)c1cccc(C(F)(F)F)n1. The standard InChI is InChI=1S/C40H44F3N9O4/c1-24-19-30-27(20-29(24)45-37(54)28-5-3-8-34(44-28)40(41,42)43)23-51(47-30)22-26-11-9-25(10-12-26)21-49-15-17-50(18-16-49)31-6-4-7-32-36(31)48(2)39(56)52(32)33-13-14-35(53)46-38(33)55/h3-8,19-20,23,25-26,33H,9-18,21-22H2,1-2H3,(H,45,54)(H,46,53,55). The van der Waals surface area contributed by atoms with Crippen LogP contribution in [0.3, 0.4) is 0 Å². The number of aromatic nitrogens is 5. The van der Waals surface area contributed by atoms with Gasteiger partial charge in [-0.15, -0.1) is 0 Å². The number of pyridine rings is 1. The molecule has 5 aromatic rings. The van der Waals surface area contributed by atoms with Gasteiger partial charge in [-0.1, -0.05) is 12.1 Å². The van der Waals surface area contributed by atoms with E-state index >= 15 is 0 Å². The largest absolute Gasteiger partial charge is 0.433 e. The fraction of sp³-hybridized carbons (Fsp3) is 0.450. The van der Waals surface area contributed by atoms with Gasteiger partial charge in [0.05, 0.1) is 22.2 Å². The molecule has 294 valence electrons. The van der Waals surface area contributed by atoms with Crippen molar-refractivity contribution < 1.29 is 27.6 Å². The Morgan fingerprint density at radius 3 is 2.36 bits per heavy atom. The first-order chi connectivity index (χ1) is 26.8. The minimum atomic E-state index is -4.64. The fourth-order valence-electron chi connectivity index (χ4n) is 8.66. The van der Waals surface area contributed by atoms with Crippen molar-refractivity contribution in [1.82, 2.24) is 34.1 Å². The maximum absolute atomic E-state index is 13.4. The molecule has 0 spiro atoms. The van der Waals surface area contributed by atoms with Gasteiger partial charge < -0.3 is 10.2 Å². The summed E-state index contributed by atoms with van der Waals surface area (Å²) >= 11 is 0. The van der Waals surface area contributed by atoms with Crippen molar-refractivity contribution in [2.24, 2.45) is 18.9 Å². The third-order valence-electron chi connectivity index (χ3n) is 11.7. The number of rotatable bonds is 8. The number of imidazole rings is 1. The average molecular weight is 772 g/mol. The van der Waals surface area contributed by atoms with Crippen molar-refractivity contribution in [2.75, 3.05) is 42.9 Å². The number of hydrogen-bond acceptors (Lipinski definition) is 8. The highest BCUT2D eigenvalue weighted by Gasteiger charge is 2.34. The molecular formula is C40H44F3N9O4. The second-order valence-electron chi connectivity index (χ2n) is 15.4. The predicted molar refractivity (Wildman–Crippen MR) is 204 cm³/mol. The summed E-state index contributed by atoms with van der Waals surface area (Å²) in [7, 11) is 1.74. The minimum absolute atomic E-state index is 0.202. The number of carbonyl (C=O) groups is 3. The molecule has 2 aromatic carbocycles. The molecule has 1 saturated carbocycles. The number of alkyl halides is 3. The first-order valence-corrected chi connectivity index (χ1v) is 19.2. The lowest BCUT2D eigenvalue weighted by Gasteiger charge is -2.39. The first-order valence-electron chi connectivity index (χ1n) is 19.2. The average Bonchev–Trinajstić information content (AvgIpc) is 3.68. The molecule has 16 heteroatoms. The molecule has 56 heavy (non-hydrogen) atoms. The van der Waals surface area contributed by atoms with E-state index in [0.29, 0.717) is 29.5 Å². The van der Waals surface area contributed by atoms with Crippen molar-refractivity contribution in [1.29, 1.82) is 0 Å². The van der Waals surface area contributed by atoms with Crippen LogP contribution in [0.1, 0.15) is 66.3 Å². The molecule has 0 radical (unpaired) electrons. The fourth-order valence-corrected chi connectivity index (χ4v) is 8.66. The van der Waals surface area contributed by atoms with E-state index in [1.54, 1.807) is 17.7 Å². The first kappa shape index (κ1) is 37.4. The van der Waals surface area contributed by atoms with E-state index in [1.165, 1.54) is 16.7 Å². The highest BCUT2D eigenvalue weighted by molar-refractivity contribution is 6.04. The molecule has 2 saturated heterocycles. The highest BCUT2D eigenvalue weighted by atomic mass is 19.4. The summed E-state index contributed by atoms with van der Waals surface area (Å²) in [5.41, 5.74) is 2.81. The Hall–Kier alpha value is -5.51. The van der Waals surface area contributed by atoms with Gasteiger partial charge in [0, 0.05) is 70.0 Å². The number of nitrogens with one attached hydrogen (secondary N) is 2. The lowest BCUT2D eigenvalue weighted by atomic mass is 9.81. The Bertz CT molecular complexity index is 2380. The number of amides is 3. The number of piperidine rings is 1. The zero-order chi connectivity index (χ0) is 39.3. The van der Waals surface area contributed by atoms with Gasteiger partial charge in [0.1, 0.15) is 17.4 Å². The molecule has 1 aliphatic carbocycles. The minimum Gasteiger partial charge on any atom is -0.367 e. The molecule has 3 fully saturated rings. The third-order valence-corrected chi connectivity index (χ3v) is 11.7. The summed E-state index contributed by atoms with van der Waals surface area (Å²) in [6.45, 7) is 7.13. The molecule has 1 atom stereocenters. The van der Waals surface area contributed by atoms with Crippen LogP contribution in [0.25, 0.3) is 21.9 Å². The van der Waals surface area contributed by atoms with Crippen LogP contribution >= 0.6 is 0 Å². The van der Waals surface area contributed by atoms with Gasteiger partial charge in [-0.2, -0.15) is 18.3 Å². The topological polar surface area (TPSA) is 139 Å². The van der Waals surface area contributed by atoms with E-state index in [2.05, 4.69) is 25.4 Å². The van der Waals surface area contributed by atoms with E-state index in [9.17, 15) is 32.3 Å². The van der Waals surface area contributed by atoms with Gasteiger partial charge in [0.15, 0.2) is 0 Å². The molecule has 2 N–H and O–H groups in total. The Morgan fingerprint density at radius 2 is 1.64 bits per heavy atom. The Balaban J connectivity index is 0.841. The van der Waals surface area contributed by atoms with Gasteiger partial charge in [0.25, 0.3) is 5.91 Å². The van der Waals surface area contributed by atoms with Gasteiger partial charge >= 0.3 is 11.9 Å². The van der Waals surface area contributed by atoms with Crippen LogP contribution < -0.4 is 21.2 Å². The van der Waals surface area contributed by atoms with Crippen molar-refractivity contribution >= 4 is 51.0 Å². The van der Waals surface area contributed by atoms with Crippen LogP contribution in [-0.2, 0) is 29.4 Å². The van der Waals surface area contributed by atoms with E-state index in [0.717, 1.165) is 98.7 Å². The quantitative estimate of drug-likeness (QED) is 0.204. The monoisotopic (exact) mass is 771 g/mol. The second-order valence-corrected chi connectivity index (χ2v) is 15.4. The number of aryl methyl sites for hydroxylation is 2. The summed E-state index contributed by atoms with van der Waals surface area (Å²) in [5.74, 6) is -0.358. The van der Waals surface area contributed by atoms with Crippen molar-refractivity contribution in [2.45, 2.75) is 64.2 Å². The normalized spacial score (nSPS) is 21.2. The van der Waals surface area contributed by atoms with Crippen LogP contribution in [0, 0.1) is 18.8 Å². The summed E-state index contributed by atoms with van der Waals surface area (Å²) in [4.78, 5) is 59.0. The maximum atomic E-state index is 13.4. The van der Waals surface area contributed by atoms with Crippen LogP contribution in [0.4, 0.5) is 24.5 Å². The molecule has 1 unspecified atom stereocenters. The van der Waals surface area contributed by atoms with Gasteiger partial charge in [-0.3, -0.25) is 38.4 Å². The summed E-state index contributed by atoms with van der Waals surface area (Å²) in [5, 5.41) is 10.7. The zero-order valence-corrected chi connectivity index (χ0v) is 31.3. The molecule has 8 rings (SSSR count). The summed E-state index contributed by atoms with van der Waals surface area (Å²) in [6, 6.07) is 12.1. The van der Waals surface area contributed by atoms with Crippen LogP contribution in [0.2, 0.25) is 0 Å². The lowest BCUT2D eigenvalue weighted by molar-refractivity contribution is -0.141. The number of nitrogens with zero attached hydrogens (tertiary/aromatic N) is 7. The van der Waals surface area contributed by atoms with E-state index in [1.807, 2.05) is 42.1 Å². The van der Waals surface area contributed by atoms with Crippen LogP contribution in [-0.4, -0.2) is 79.2 Å². The Kier molecular flexibility index (Phi) is 9.93. The molecular weight excluding hydrogens is 727 g/mol. The number of carbonyl (C=O) groups excluding carboxylic acids is 3. The number of halogens is 3. The summed E-state index contributed by atoms with van der Waals surface area (Å²) < 4.78 is 44.5. The Morgan fingerprint density at radius 1 is 0.929 bits per heavy atom. The second kappa shape index (κ2) is 14.9. The summed E-state index contributed by atoms with van der Waals surface area (Å²) in [6.07, 6.45) is 2.30. The number of piperazine rings is 1. The molecule has 3 aromatic heterocycles. The molecule has 0 bridgehead atoms. The maximum Gasteiger partial charge on any atom is 0.433 e. The zero-order valence-electron chi connectivity index (χ0n) is 31.3. The van der Waals surface area contributed by atoms with Gasteiger partial charge in [0.2, 0.25) is 11.8 Å². The van der Waals surface area contributed by atoms with E-state index in [-0.39, 0.29) is 23.7 Å². The highest BCUT2D eigenvalue weighted by Crippen LogP contribution is 2.34. The number of fused-ring (bicyclic) bond motifs is 2. The van der Waals surface area contributed by atoms with Gasteiger partial charge in [-0.25, -0.2) is 9.78 Å². The van der Waals surface area contributed by atoms with Gasteiger partial charge in [-0.05, 0) is 92.8 Å². The lowest BCUT2D eigenvalue weighted by Crippen LogP contribution is -2.48. The molecule has 13 nitrogen and oxygen atoms in total. The number of benzene rings is 2. The molecule has 3 aliphatic rings. The van der Waals surface area contributed by atoms with E-state index < -0.39 is 29.7 Å². The number of hydrogen-bond donors (Lipinski definition) is 2. The number of imide groups is 1. The predicted octanol–water partition coefficient (Wildman–Crippen LogP) is 5.27. The smallest absolute Gasteiger partial charge is 0.367 e. The molecule has 5 heterocycles.